The zero-order chi connectivity index (χ0) is 34.7. The summed E-state index contributed by atoms with van der Waals surface area (Å²) in [7, 11) is -4.35. The van der Waals surface area contributed by atoms with E-state index in [1.165, 1.54) is 83.5 Å². The maximum Gasteiger partial charge on any atom is 0.267 e. The lowest BCUT2D eigenvalue weighted by Gasteiger charge is -2.21. The molecule has 0 fully saturated rings. The Morgan fingerprint density at radius 3 is 1.51 bits per heavy atom. The number of carbonyl (C=O) groups excluding carboxylic acids is 1. The first-order valence-corrected chi connectivity index (χ1v) is 20.9. The minimum absolute atomic E-state index is 0.275. The number of carbonyl (C=O) groups is 1. The van der Waals surface area contributed by atoms with Gasteiger partial charge in [-0.15, -0.1) is 0 Å². The van der Waals surface area contributed by atoms with Gasteiger partial charge in [-0.05, 0) is 51.4 Å². The highest BCUT2D eigenvalue weighted by atomic mass is 32.2. The first-order chi connectivity index (χ1) is 22.8. The van der Waals surface area contributed by atoms with E-state index in [0.717, 1.165) is 70.6 Å². The molecule has 0 saturated heterocycles. The molecule has 3 N–H and O–H groups in total. The van der Waals surface area contributed by atoms with E-state index in [-0.39, 0.29) is 12.3 Å². The van der Waals surface area contributed by atoms with E-state index >= 15 is 0 Å². The number of hydrogen-bond acceptors (Lipinski definition) is 4. The van der Waals surface area contributed by atoms with Crippen molar-refractivity contribution in [2.45, 2.75) is 193 Å². The van der Waals surface area contributed by atoms with E-state index in [9.17, 15) is 22.9 Å². The lowest BCUT2D eigenvalue weighted by Crippen LogP contribution is -2.46. The minimum atomic E-state index is -4.35. The molecule has 0 bridgehead atoms. The Bertz CT molecular complexity index is 925. The predicted octanol–water partition coefficient (Wildman–Crippen LogP) is 11.1. The number of amides is 1. The smallest absolute Gasteiger partial charge is 0.267 e. The van der Waals surface area contributed by atoms with Crippen LogP contribution in [0, 0.1) is 0 Å². The van der Waals surface area contributed by atoms with Crippen LogP contribution in [0.25, 0.3) is 0 Å². The quantitative estimate of drug-likeness (QED) is 0.0357. The fourth-order valence-corrected chi connectivity index (χ4v) is 6.37. The first-order valence-electron chi connectivity index (χ1n) is 19.3. The molecule has 0 aromatic carbocycles. The Balaban J connectivity index is 3.99. The van der Waals surface area contributed by atoms with E-state index in [0.29, 0.717) is 6.42 Å². The number of hydrogen-bond donors (Lipinski definition) is 3. The Morgan fingerprint density at radius 1 is 0.596 bits per heavy atom. The molecular weight excluding hydrogens is 607 g/mol. The Hall–Kier alpha value is -1.70. The van der Waals surface area contributed by atoms with Gasteiger partial charge in [0.1, 0.15) is 0 Å². The third-order valence-corrected chi connectivity index (χ3v) is 9.29. The number of aliphatic hydroxyl groups is 1. The van der Waals surface area contributed by atoms with Gasteiger partial charge in [-0.2, -0.15) is 8.42 Å². The van der Waals surface area contributed by atoms with Crippen molar-refractivity contribution < 1.29 is 22.9 Å². The monoisotopic (exact) mass is 680 g/mol. The van der Waals surface area contributed by atoms with Gasteiger partial charge in [-0.25, -0.2) is 0 Å². The molecule has 0 aliphatic carbocycles. The van der Waals surface area contributed by atoms with Crippen molar-refractivity contribution in [3.05, 3.63) is 48.6 Å². The molecule has 47 heavy (non-hydrogen) atoms. The SMILES string of the molecule is CC/C=C\C/C=C\C/C=C\CCCCCCCC(=O)NC(CS(=O)(=O)O)C(O)/C=C/CCCCCCCCCCCCCCCCC. The highest BCUT2D eigenvalue weighted by Crippen LogP contribution is 2.14. The van der Waals surface area contributed by atoms with Gasteiger partial charge < -0.3 is 10.4 Å². The van der Waals surface area contributed by atoms with Gasteiger partial charge in [0.2, 0.25) is 5.91 Å². The molecule has 0 rings (SSSR count). The van der Waals surface area contributed by atoms with Crippen molar-refractivity contribution in [3.63, 3.8) is 0 Å². The van der Waals surface area contributed by atoms with E-state index in [4.69, 9.17) is 0 Å². The molecule has 0 aromatic rings. The molecule has 0 heterocycles. The molecule has 0 spiro atoms. The van der Waals surface area contributed by atoms with Crippen LogP contribution >= 0.6 is 0 Å². The molecule has 0 radical (unpaired) electrons. The van der Waals surface area contributed by atoms with Crippen LogP contribution in [0.5, 0.6) is 0 Å². The van der Waals surface area contributed by atoms with E-state index < -0.39 is 28.0 Å². The highest BCUT2D eigenvalue weighted by Gasteiger charge is 2.24. The maximum atomic E-state index is 12.5. The topological polar surface area (TPSA) is 104 Å². The second-order valence-electron chi connectivity index (χ2n) is 13.2. The second-order valence-corrected chi connectivity index (χ2v) is 14.7. The van der Waals surface area contributed by atoms with Gasteiger partial charge in [-0.1, -0.05) is 172 Å². The summed E-state index contributed by atoms with van der Waals surface area (Å²) in [6.45, 7) is 4.40. The largest absolute Gasteiger partial charge is 0.387 e. The van der Waals surface area contributed by atoms with Crippen LogP contribution in [0.15, 0.2) is 48.6 Å². The van der Waals surface area contributed by atoms with Gasteiger partial charge in [0.25, 0.3) is 10.1 Å². The number of unbranched alkanes of at least 4 members (excludes halogenated alkanes) is 20. The highest BCUT2D eigenvalue weighted by molar-refractivity contribution is 7.85. The van der Waals surface area contributed by atoms with Crippen LogP contribution in [-0.4, -0.2) is 41.9 Å². The summed E-state index contributed by atoms with van der Waals surface area (Å²) in [5.41, 5.74) is 0. The average molecular weight is 680 g/mol. The molecule has 7 heteroatoms. The van der Waals surface area contributed by atoms with Gasteiger partial charge >= 0.3 is 0 Å². The summed E-state index contributed by atoms with van der Waals surface area (Å²) in [6, 6.07) is -1.07. The molecule has 2 unspecified atom stereocenters. The van der Waals surface area contributed by atoms with Crippen LogP contribution in [0.3, 0.4) is 0 Å². The van der Waals surface area contributed by atoms with E-state index in [1.807, 2.05) is 6.08 Å². The Labute approximate surface area is 290 Å². The van der Waals surface area contributed by atoms with Crippen LogP contribution in [-0.2, 0) is 14.9 Å². The Kier molecular flexibility index (Phi) is 32.9. The lowest BCUT2D eigenvalue weighted by molar-refractivity contribution is -0.122. The van der Waals surface area contributed by atoms with E-state index in [2.05, 4.69) is 55.6 Å². The molecule has 0 saturated carbocycles. The van der Waals surface area contributed by atoms with Gasteiger partial charge in [-0.3, -0.25) is 9.35 Å². The fraction of sp³-hybridized carbons (Fsp3) is 0.775. The molecule has 0 aliphatic rings. The number of aliphatic hydroxyl groups excluding tert-OH is 1. The summed E-state index contributed by atoms with van der Waals surface area (Å²) < 4.78 is 32.4. The summed E-state index contributed by atoms with van der Waals surface area (Å²) in [6.07, 6.45) is 45.2. The molecule has 2 atom stereocenters. The predicted molar refractivity (Wildman–Crippen MR) is 202 cm³/mol. The van der Waals surface area contributed by atoms with Crippen molar-refractivity contribution >= 4 is 16.0 Å². The normalized spacial score (nSPS) is 13.9. The summed E-state index contributed by atoms with van der Waals surface area (Å²) in [4.78, 5) is 12.5. The van der Waals surface area contributed by atoms with Crippen LogP contribution in [0.4, 0.5) is 0 Å². The molecule has 1 amide bonds. The van der Waals surface area contributed by atoms with E-state index in [1.54, 1.807) is 6.08 Å². The minimum Gasteiger partial charge on any atom is -0.387 e. The zero-order valence-electron chi connectivity index (χ0n) is 30.4. The molecule has 274 valence electrons. The van der Waals surface area contributed by atoms with Crippen molar-refractivity contribution in [2.75, 3.05) is 5.75 Å². The molecule has 0 aliphatic heterocycles. The van der Waals surface area contributed by atoms with Gasteiger partial charge in [0.05, 0.1) is 17.9 Å². The molecule has 0 aromatic heterocycles. The maximum absolute atomic E-state index is 12.5. The Morgan fingerprint density at radius 2 is 1.02 bits per heavy atom. The summed E-state index contributed by atoms with van der Waals surface area (Å²) in [5.74, 6) is -1.00. The first kappa shape index (κ1) is 45.3. The lowest BCUT2D eigenvalue weighted by atomic mass is 10.0. The van der Waals surface area contributed by atoms with Crippen LogP contribution < -0.4 is 5.32 Å². The van der Waals surface area contributed by atoms with Crippen molar-refractivity contribution in [1.29, 1.82) is 0 Å². The summed E-state index contributed by atoms with van der Waals surface area (Å²) >= 11 is 0. The van der Waals surface area contributed by atoms with Crippen molar-refractivity contribution in [1.82, 2.24) is 5.32 Å². The number of allylic oxidation sites excluding steroid dienone is 7. The van der Waals surface area contributed by atoms with Crippen molar-refractivity contribution in [2.24, 2.45) is 0 Å². The number of rotatable bonds is 34. The van der Waals surface area contributed by atoms with Gasteiger partial charge in [0.15, 0.2) is 0 Å². The standard InChI is InChI=1S/C40H73NO5S/c1-3-5-7-9-11-13-15-17-19-20-22-23-25-27-29-31-33-35-39(42)38(37-47(44,45)46)41-40(43)36-34-32-30-28-26-24-21-18-16-14-12-10-8-6-4-2/h6,8,12,14,18,21,33,35,38-39,42H,3-5,7,9-11,13,15-17,19-20,22-32,34,36-37H2,1-2H3,(H,41,43)(H,44,45,46)/b8-6-,14-12-,21-18-,35-33+. The molecule has 6 nitrogen and oxygen atoms in total. The third kappa shape index (κ3) is 35.4. The van der Waals surface area contributed by atoms with Crippen molar-refractivity contribution in [3.8, 4) is 0 Å². The van der Waals surface area contributed by atoms with Crippen LogP contribution in [0.2, 0.25) is 0 Å². The van der Waals surface area contributed by atoms with Gasteiger partial charge in [0, 0.05) is 6.42 Å². The average Bonchev–Trinajstić information content (AvgIpc) is 3.03. The third-order valence-electron chi connectivity index (χ3n) is 8.51. The van der Waals surface area contributed by atoms with Crippen LogP contribution in [0.1, 0.15) is 181 Å². The second kappa shape index (κ2) is 34.2. The zero-order valence-corrected chi connectivity index (χ0v) is 31.2. The fourth-order valence-electron chi connectivity index (χ4n) is 5.64. The number of nitrogens with one attached hydrogen (secondary N) is 1. The summed E-state index contributed by atoms with van der Waals surface area (Å²) in [5, 5.41) is 13.2. The molecular formula is C40H73NO5S.